The number of rotatable bonds is 4. The smallest absolute Gasteiger partial charge is 0.232 e. The van der Waals surface area contributed by atoms with E-state index in [0.717, 1.165) is 47.7 Å². The SMILES string of the molecule is O=C(CSc1ccccc1)N1CCC(c2nc3ccccc3[nH]2)CC1. The molecule has 0 bridgehead atoms. The van der Waals surface area contributed by atoms with Crippen molar-refractivity contribution in [2.75, 3.05) is 18.8 Å². The number of benzene rings is 2. The average Bonchev–Trinajstić information content (AvgIpc) is 3.11. The highest BCUT2D eigenvalue weighted by Crippen LogP contribution is 2.28. The van der Waals surface area contributed by atoms with Crippen LogP contribution in [0.1, 0.15) is 24.6 Å². The molecule has 1 aliphatic rings. The molecule has 25 heavy (non-hydrogen) atoms. The number of carbonyl (C=O) groups is 1. The molecule has 5 heteroatoms. The van der Waals surface area contributed by atoms with E-state index < -0.39 is 0 Å². The first-order chi connectivity index (χ1) is 12.3. The van der Waals surface area contributed by atoms with Gasteiger partial charge in [-0.3, -0.25) is 4.79 Å². The first-order valence-electron chi connectivity index (χ1n) is 8.70. The van der Waals surface area contributed by atoms with Gasteiger partial charge in [-0.25, -0.2) is 4.98 Å². The van der Waals surface area contributed by atoms with Crippen molar-refractivity contribution >= 4 is 28.7 Å². The summed E-state index contributed by atoms with van der Waals surface area (Å²) in [6.07, 6.45) is 1.95. The summed E-state index contributed by atoms with van der Waals surface area (Å²) in [4.78, 5) is 23.7. The molecule has 0 saturated carbocycles. The van der Waals surface area contributed by atoms with Gasteiger partial charge >= 0.3 is 0 Å². The predicted octanol–water partition coefficient (Wildman–Crippen LogP) is 4.06. The van der Waals surface area contributed by atoms with Crippen molar-refractivity contribution in [3.05, 3.63) is 60.4 Å². The Labute approximate surface area is 151 Å². The van der Waals surface area contributed by atoms with Gasteiger partial charge in [0.15, 0.2) is 0 Å². The van der Waals surface area contributed by atoms with Crippen LogP contribution in [0, 0.1) is 0 Å². The maximum Gasteiger partial charge on any atom is 0.232 e. The molecule has 4 nitrogen and oxygen atoms in total. The molecule has 1 aliphatic heterocycles. The largest absolute Gasteiger partial charge is 0.342 e. The van der Waals surface area contributed by atoms with Gasteiger partial charge in [0.25, 0.3) is 0 Å². The molecular weight excluding hydrogens is 330 g/mol. The standard InChI is InChI=1S/C20H21N3OS/c24-19(14-25-16-6-2-1-3-7-16)23-12-10-15(11-13-23)20-21-17-8-4-5-9-18(17)22-20/h1-9,15H,10-14H2,(H,21,22). The minimum atomic E-state index is 0.233. The van der Waals surface area contributed by atoms with Crippen LogP contribution in [0.4, 0.5) is 0 Å². The Balaban J connectivity index is 1.32. The van der Waals surface area contributed by atoms with Crippen molar-refractivity contribution < 1.29 is 4.79 Å². The number of aromatic nitrogens is 2. The van der Waals surface area contributed by atoms with E-state index in [1.807, 2.05) is 53.4 Å². The Kier molecular flexibility index (Phi) is 4.74. The third-order valence-corrected chi connectivity index (χ3v) is 5.74. The van der Waals surface area contributed by atoms with Crippen molar-refractivity contribution in [3.8, 4) is 0 Å². The summed E-state index contributed by atoms with van der Waals surface area (Å²) in [5.74, 6) is 2.22. The van der Waals surface area contributed by atoms with E-state index in [-0.39, 0.29) is 5.91 Å². The maximum atomic E-state index is 12.4. The van der Waals surface area contributed by atoms with Crippen LogP contribution >= 0.6 is 11.8 Å². The van der Waals surface area contributed by atoms with Gasteiger partial charge in [0.2, 0.25) is 5.91 Å². The highest BCUT2D eigenvalue weighted by atomic mass is 32.2. The lowest BCUT2D eigenvalue weighted by molar-refractivity contribution is -0.129. The van der Waals surface area contributed by atoms with Crippen LogP contribution in [-0.4, -0.2) is 39.6 Å². The third-order valence-electron chi connectivity index (χ3n) is 4.75. The number of aromatic amines is 1. The Bertz CT molecular complexity index is 821. The molecule has 0 atom stereocenters. The minimum absolute atomic E-state index is 0.233. The topological polar surface area (TPSA) is 49.0 Å². The minimum Gasteiger partial charge on any atom is -0.342 e. The lowest BCUT2D eigenvalue weighted by atomic mass is 9.96. The summed E-state index contributed by atoms with van der Waals surface area (Å²) in [6.45, 7) is 1.63. The number of H-pyrrole nitrogens is 1. The molecule has 0 radical (unpaired) electrons. The Morgan fingerprint density at radius 2 is 1.80 bits per heavy atom. The van der Waals surface area contributed by atoms with Crippen molar-refractivity contribution in [2.45, 2.75) is 23.7 Å². The summed E-state index contributed by atoms with van der Waals surface area (Å²) in [6, 6.07) is 18.2. The van der Waals surface area contributed by atoms with E-state index >= 15 is 0 Å². The van der Waals surface area contributed by atoms with Gasteiger partial charge in [0.1, 0.15) is 5.82 Å². The second-order valence-electron chi connectivity index (χ2n) is 6.40. The van der Waals surface area contributed by atoms with Crippen LogP contribution in [0.2, 0.25) is 0 Å². The molecule has 1 saturated heterocycles. The van der Waals surface area contributed by atoms with Crippen molar-refractivity contribution in [3.63, 3.8) is 0 Å². The molecule has 1 aromatic heterocycles. The van der Waals surface area contributed by atoms with Gasteiger partial charge in [-0.05, 0) is 37.1 Å². The van der Waals surface area contributed by atoms with Gasteiger partial charge in [-0.2, -0.15) is 0 Å². The van der Waals surface area contributed by atoms with Crippen molar-refractivity contribution in [1.29, 1.82) is 0 Å². The molecule has 1 N–H and O–H groups in total. The molecule has 2 heterocycles. The molecule has 3 aromatic rings. The summed E-state index contributed by atoms with van der Waals surface area (Å²) < 4.78 is 0. The first-order valence-corrected chi connectivity index (χ1v) is 9.68. The number of amides is 1. The molecule has 1 fully saturated rings. The number of nitrogens with one attached hydrogen (secondary N) is 1. The van der Waals surface area contributed by atoms with E-state index in [4.69, 9.17) is 4.98 Å². The summed E-state index contributed by atoms with van der Waals surface area (Å²) in [7, 11) is 0. The fourth-order valence-electron chi connectivity index (χ4n) is 3.32. The first kappa shape index (κ1) is 16.2. The number of likely N-dealkylation sites (tertiary alicyclic amines) is 1. The van der Waals surface area contributed by atoms with Crippen LogP contribution in [-0.2, 0) is 4.79 Å². The lowest BCUT2D eigenvalue weighted by Gasteiger charge is -2.31. The number of hydrogen-bond donors (Lipinski definition) is 1. The zero-order valence-corrected chi connectivity index (χ0v) is 14.8. The van der Waals surface area contributed by atoms with E-state index in [9.17, 15) is 4.79 Å². The fourth-order valence-corrected chi connectivity index (χ4v) is 4.14. The van der Waals surface area contributed by atoms with Crippen LogP contribution in [0.15, 0.2) is 59.5 Å². The number of thioether (sulfide) groups is 1. The lowest BCUT2D eigenvalue weighted by Crippen LogP contribution is -2.39. The average molecular weight is 351 g/mol. The second-order valence-corrected chi connectivity index (χ2v) is 7.44. The van der Waals surface area contributed by atoms with Gasteiger partial charge in [-0.15, -0.1) is 11.8 Å². The highest BCUT2D eigenvalue weighted by Gasteiger charge is 2.25. The second kappa shape index (κ2) is 7.31. The van der Waals surface area contributed by atoms with Crippen LogP contribution < -0.4 is 0 Å². The third kappa shape index (κ3) is 3.71. The van der Waals surface area contributed by atoms with Gasteiger partial charge in [-0.1, -0.05) is 30.3 Å². The number of imidazole rings is 1. The van der Waals surface area contributed by atoms with Gasteiger partial charge in [0.05, 0.1) is 16.8 Å². The van der Waals surface area contributed by atoms with Gasteiger partial charge < -0.3 is 9.88 Å². The Morgan fingerprint density at radius 3 is 2.56 bits per heavy atom. The molecule has 0 unspecified atom stereocenters. The molecule has 128 valence electrons. The molecule has 2 aromatic carbocycles. The molecule has 4 rings (SSSR count). The van der Waals surface area contributed by atoms with E-state index in [1.54, 1.807) is 11.8 Å². The Morgan fingerprint density at radius 1 is 1.08 bits per heavy atom. The van der Waals surface area contributed by atoms with Gasteiger partial charge in [0, 0.05) is 23.9 Å². The number of piperidine rings is 1. The monoisotopic (exact) mass is 351 g/mol. The summed E-state index contributed by atoms with van der Waals surface area (Å²) >= 11 is 1.61. The van der Waals surface area contributed by atoms with Crippen LogP contribution in [0.25, 0.3) is 11.0 Å². The molecular formula is C20H21N3OS. The van der Waals surface area contributed by atoms with Crippen LogP contribution in [0.3, 0.4) is 0 Å². The predicted molar refractivity (Wildman–Crippen MR) is 102 cm³/mol. The van der Waals surface area contributed by atoms with E-state index in [1.165, 1.54) is 0 Å². The van der Waals surface area contributed by atoms with E-state index in [0.29, 0.717) is 11.7 Å². The summed E-state index contributed by atoms with van der Waals surface area (Å²) in [5, 5.41) is 0. The number of nitrogens with zero attached hydrogens (tertiary/aromatic N) is 2. The van der Waals surface area contributed by atoms with Crippen molar-refractivity contribution in [1.82, 2.24) is 14.9 Å². The number of para-hydroxylation sites is 2. The maximum absolute atomic E-state index is 12.4. The normalized spacial score (nSPS) is 15.6. The van der Waals surface area contributed by atoms with E-state index in [2.05, 4.69) is 11.1 Å². The molecule has 0 spiro atoms. The summed E-state index contributed by atoms with van der Waals surface area (Å²) in [5.41, 5.74) is 2.12. The Hall–Kier alpha value is -2.27. The number of fused-ring (bicyclic) bond motifs is 1. The number of hydrogen-bond acceptors (Lipinski definition) is 3. The molecule has 1 amide bonds. The fraction of sp³-hybridized carbons (Fsp3) is 0.300. The zero-order valence-electron chi connectivity index (χ0n) is 14.0. The highest BCUT2D eigenvalue weighted by molar-refractivity contribution is 8.00. The number of carbonyl (C=O) groups excluding carboxylic acids is 1. The molecule has 0 aliphatic carbocycles. The zero-order chi connectivity index (χ0) is 17.1. The van der Waals surface area contributed by atoms with Crippen LogP contribution in [0.5, 0.6) is 0 Å². The van der Waals surface area contributed by atoms with Crippen molar-refractivity contribution in [2.24, 2.45) is 0 Å². The quantitative estimate of drug-likeness (QED) is 0.721.